The molecule has 1 nitrogen and oxygen atoms in total. The number of halogens is 1. The molecular formula is C15H13ClO. The molecule has 17 heavy (non-hydrogen) atoms. The molecule has 2 rings (SSSR count). The Kier molecular flexibility index (Phi) is 3.94. The predicted octanol–water partition coefficient (Wildman–Crippen LogP) is 4.06. The van der Waals surface area contributed by atoms with E-state index in [0.29, 0.717) is 11.4 Å². The topological polar surface area (TPSA) is 17.1 Å². The lowest BCUT2D eigenvalue weighted by atomic mass is 9.89. The third kappa shape index (κ3) is 2.95. The molecule has 0 aliphatic heterocycles. The quantitative estimate of drug-likeness (QED) is 0.742. The molecule has 0 N–H and O–H groups in total. The summed E-state index contributed by atoms with van der Waals surface area (Å²) in [5, 5.41) is 0.715. The van der Waals surface area contributed by atoms with Gasteiger partial charge in [0.2, 0.25) is 0 Å². The Balaban J connectivity index is 2.35. The highest BCUT2D eigenvalue weighted by Gasteiger charge is 2.12. The summed E-state index contributed by atoms with van der Waals surface area (Å²) >= 11 is 5.87. The van der Waals surface area contributed by atoms with Crippen LogP contribution in [0.15, 0.2) is 54.6 Å². The lowest BCUT2D eigenvalue weighted by Gasteiger charge is -2.15. The van der Waals surface area contributed by atoms with Crippen LogP contribution in [0.4, 0.5) is 0 Å². The highest BCUT2D eigenvalue weighted by atomic mass is 35.5. The molecule has 0 radical (unpaired) electrons. The molecule has 0 aromatic heterocycles. The molecular weight excluding hydrogens is 232 g/mol. The van der Waals surface area contributed by atoms with Crippen molar-refractivity contribution in [2.45, 2.75) is 12.3 Å². The SMILES string of the molecule is O=CC[C@@H](c1ccccc1)c1ccc(Cl)cc1. The Bertz CT molecular complexity index is 476. The summed E-state index contributed by atoms with van der Waals surface area (Å²) in [6, 6.07) is 17.7. The largest absolute Gasteiger partial charge is 0.303 e. The van der Waals surface area contributed by atoms with E-state index in [1.54, 1.807) is 0 Å². The Morgan fingerprint density at radius 2 is 1.53 bits per heavy atom. The van der Waals surface area contributed by atoms with E-state index in [0.717, 1.165) is 17.4 Å². The zero-order valence-electron chi connectivity index (χ0n) is 9.34. The van der Waals surface area contributed by atoms with Crippen LogP contribution in [0.3, 0.4) is 0 Å². The molecule has 0 heterocycles. The van der Waals surface area contributed by atoms with Gasteiger partial charge in [0.1, 0.15) is 6.29 Å². The Labute approximate surface area is 106 Å². The van der Waals surface area contributed by atoms with Gasteiger partial charge >= 0.3 is 0 Å². The van der Waals surface area contributed by atoms with Gasteiger partial charge in [0.05, 0.1) is 0 Å². The van der Waals surface area contributed by atoms with Gasteiger partial charge in [-0.3, -0.25) is 0 Å². The van der Waals surface area contributed by atoms with Crippen LogP contribution in [-0.4, -0.2) is 6.29 Å². The van der Waals surface area contributed by atoms with Gasteiger partial charge in [-0.05, 0) is 23.3 Å². The molecule has 0 spiro atoms. The van der Waals surface area contributed by atoms with Crippen molar-refractivity contribution in [3.8, 4) is 0 Å². The van der Waals surface area contributed by atoms with Gasteiger partial charge in [0, 0.05) is 17.4 Å². The van der Waals surface area contributed by atoms with Crippen molar-refractivity contribution in [1.29, 1.82) is 0 Å². The van der Waals surface area contributed by atoms with Gasteiger partial charge in [0.15, 0.2) is 0 Å². The highest BCUT2D eigenvalue weighted by Crippen LogP contribution is 2.27. The van der Waals surface area contributed by atoms with Gasteiger partial charge in [-0.2, -0.15) is 0 Å². The summed E-state index contributed by atoms with van der Waals surface area (Å²) in [6.07, 6.45) is 1.46. The van der Waals surface area contributed by atoms with Gasteiger partial charge < -0.3 is 4.79 Å². The molecule has 0 unspecified atom stereocenters. The molecule has 0 amide bonds. The fourth-order valence-corrected chi connectivity index (χ4v) is 2.07. The van der Waals surface area contributed by atoms with Crippen LogP contribution in [0.5, 0.6) is 0 Å². The number of benzene rings is 2. The van der Waals surface area contributed by atoms with E-state index in [1.165, 1.54) is 0 Å². The van der Waals surface area contributed by atoms with Crippen molar-refractivity contribution in [2.75, 3.05) is 0 Å². The van der Waals surface area contributed by atoms with Crippen molar-refractivity contribution in [1.82, 2.24) is 0 Å². The monoisotopic (exact) mass is 244 g/mol. The van der Waals surface area contributed by atoms with E-state index in [1.807, 2.05) is 54.6 Å². The number of hydrogen-bond donors (Lipinski definition) is 0. The van der Waals surface area contributed by atoms with Gasteiger partial charge in [0.25, 0.3) is 0 Å². The maximum absolute atomic E-state index is 10.8. The second-order valence-electron chi connectivity index (χ2n) is 3.92. The van der Waals surface area contributed by atoms with Crippen LogP contribution >= 0.6 is 11.6 Å². The number of carbonyl (C=O) groups is 1. The molecule has 86 valence electrons. The van der Waals surface area contributed by atoms with Crippen LogP contribution in [0.1, 0.15) is 23.5 Å². The van der Waals surface area contributed by atoms with Gasteiger partial charge in [-0.15, -0.1) is 0 Å². The standard InChI is InChI=1S/C15H13ClO/c16-14-8-6-13(7-9-14)15(10-11-17)12-4-2-1-3-5-12/h1-9,11,15H,10H2/t15-/m0/s1. The van der Waals surface area contributed by atoms with E-state index in [-0.39, 0.29) is 5.92 Å². The molecule has 1 atom stereocenters. The lowest BCUT2D eigenvalue weighted by molar-refractivity contribution is -0.108. The maximum Gasteiger partial charge on any atom is 0.120 e. The second-order valence-corrected chi connectivity index (χ2v) is 4.35. The molecule has 0 aliphatic rings. The van der Waals surface area contributed by atoms with Crippen molar-refractivity contribution >= 4 is 17.9 Å². The van der Waals surface area contributed by atoms with Crippen LogP contribution in [0.25, 0.3) is 0 Å². The number of hydrogen-bond acceptors (Lipinski definition) is 1. The minimum atomic E-state index is 0.117. The van der Waals surface area contributed by atoms with Crippen molar-refractivity contribution in [3.05, 3.63) is 70.7 Å². The zero-order valence-corrected chi connectivity index (χ0v) is 10.1. The van der Waals surface area contributed by atoms with Gasteiger partial charge in [-0.1, -0.05) is 54.1 Å². The highest BCUT2D eigenvalue weighted by molar-refractivity contribution is 6.30. The summed E-state index contributed by atoms with van der Waals surface area (Å²) in [5.41, 5.74) is 2.27. The van der Waals surface area contributed by atoms with E-state index >= 15 is 0 Å². The number of rotatable bonds is 4. The molecule has 0 bridgehead atoms. The van der Waals surface area contributed by atoms with E-state index in [9.17, 15) is 4.79 Å². The normalized spacial score (nSPS) is 12.1. The fraction of sp³-hybridized carbons (Fsp3) is 0.133. The molecule has 0 fully saturated rings. The Hall–Kier alpha value is -1.60. The number of carbonyl (C=O) groups excluding carboxylic acids is 1. The number of aldehydes is 1. The lowest BCUT2D eigenvalue weighted by Crippen LogP contribution is -2.01. The van der Waals surface area contributed by atoms with Crippen LogP contribution in [0, 0.1) is 0 Å². The van der Waals surface area contributed by atoms with Crippen LogP contribution in [0.2, 0.25) is 5.02 Å². The molecule has 2 aromatic carbocycles. The van der Waals surface area contributed by atoms with Gasteiger partial charge in [-0.25, -0.2) is 0 Å². The Morgan fingerprint density at radius 3 is 2.12 bits per heavy atom. The molecule has 2 aromatic rings. The smallest absolute Gasteiger partial charge is 0.120 e. The van der Waals surface area contributed by atoms with E-state index < -0.39 is 0 Å². The average Bonchev–Trinajstić information content (AvgIpc) is 2.38. The third-order valence-corrected chi connectivity index (χ3v) is 3.06. The second kappa shape index (κ2) is 5.65. The summed E-state index contributed by atoms with van der Waals surface area (Å²) in [4.78, 5) is 10.8. The first-order valence-corrected chi connectivity index (χ1v) is 5.93. The van der Waals surface area contributed by atoms with E-state index in [2.05, 4.69) is 0 Å². The van der Waals surface area contributed by atoms with Crippen molar-refractivity contribution in [3.63, 3.8) is 0 Å². The van der Waals surface area contributed by atoms with Crippen LogP contribution in [-0.2, 0) is 4.79 Å². The molecule has 2 heteroatoms. The van der Waals surface area contributed by atoms with Crippen LogP contribution < -0.4 is 0 Å². The third-order valence-electron chi connectivity index (χ3n) is 2.81. The maximum atomic E-state index is 10.8. The summed E-state index contributed by atoms with van der Waals surface area (Å²) in [6.45, 7) is 0. The first-order chi connectivity index (χ1) is 8.31. The predicted molar refractivity (Wildman–Crippen MR) is 70.4 cm³/mol. The fourth-order valence-electron chi connectivity index (χ4n) is 1.94. The molecule has 0 saturated carbocycles. The zero-order chi connectivity index (χ0) is 12.1. The first-order valence-electron chi connectivity index (χ1n) is 5.55. The summed E-state index contributed by atoms with van der Waals surface area (Å²) < 4.78 is 0. The van der Waals surface area contributed by atoms with E-state index in [4.69, 9.17) is 11.6 Å². The summed E-state index contributed by atoms with van der Waals surface area (Å²) in [7, 11) is 0. The minimum absolute atomic E-state index is 0.117. The van der Waals surface area contributed by atoms with Crippen molar-refractivity contribution in [2.24, 2.45) is 0 Å². The minimum Gasteiger partial charge on any atom is -0.303 e. The summed E-state index contributed by atoms with van der Waals surface area (Å²) in [5.74, 6) is 0.117. The average molecular weight is 245 g/mol. The molecule has 0 saturated heterocycles. The first kappa shape index (κ1) is 11.9. The Morgan fingerprint density at radius 1 is 0.941 bits per heavy atom. The molecule has 0 aliphatic carbocycles. The van der Waals surface area contributed by atoms with Crippen molar-refractivity contribution < 1.29 is 4.79 Å².